The molecule has 1 rings (SSSR count). The van der Waals surface area contributed by atoms with E-state index in [9.17, 15) is 13.2 Å². The summed E-state index contributed by atoms with van der Waals surface area (Å²) in [5.74, 6) is -1.19. The molecule has 1 aromatic carbocycles. The number of hydrogen-bond acceptors (Lipinski definition) is 4. The molecule has 106 valence electrons. The van der Waals surface area contributed by atoms with Crippen LogP contribution in [0.5, 0.6) is 0 Å². The molecule has 0 radical (unpaired) electrons. The second kappa shape index (κ2) is 6.53. The fraction of sp³-hybridized carbons (Fsp3) is 0.417. The van der Waals surface area contributed by atoms with Crippen molar-refractivity contribution in [2.45, 2.75) is 31.1 Å². The number of hydrogen-bond donors (Lipinski definition) is 3. The lowest BCUT2D eigenvalue weighted by molar-refractivity contribution is 0.0696. The number of carbonyl (C=O) groups is 1. The Hall–Kier alpha value is -1.60. The molecule has 0 aliphatic heterocycles. The summed E-state index contributed by atoms with van der Waals surface area (Å²) in [5.41, 5.74) is 0.228. The van der Waals surface area contributed by atoms with Crippen molar-refractivity contribution in [2.75, 3.05) is 11.9 Å². The van der Waals surface area contributed by atoms with Crippen LogP contribution in [-0.2, 0) is 10.0 Å². The predicted octanol–water partition coefficient (Wildman–Crippen LogP) is 1.63. The lowest BCUT2D eigenvalue weighted by Crippen LogP contribution is -2.16. The Kier molecular flexibility index (Phi) is 5.31. The number of anilines is 1. The molecule has 0 saturated carbocycles. The molecule has 0 aliphatic carbocycles. The first-order chi connectivity index (χ1) is 8.86. The van der Waals surface area contributed by atoms with Gasteiger partial charge in [-0.25, -0.2) is 18.4 Å². The Bertz CT molecular complexity index is 555. The van der Waals surface area contributed by atoms with Crippen LogP contribution in [0, 0.1) is 0 Å². The maximum atomic E-state index is 11.5. The fourth-order valence-electron chi connectivity index (χ4n) is 1.63. The SMILES string of the molecule is CCCCCNc1ccc(C(=O)O)cc1S(N)(=O)=O. The zero-order chi connectivity index (χ0) is 14.5. The van der Waals surface area contributed by atoms with Crippen molar-refractivity contribution in [3.05, 3.63) is 23.8 Å². The molecule has 7 heteroatoms. The van der Waals surface area contributed by atoms with Crippen molar-refractivity contribution in [1.29, 1.82) is 0 Å². The van der Waals surface area contributed by atoms with E-state index in [1.54, 1.807) is 0 Å². The molecule has 0 saturated heterocycles. The van der Waals surface area contributed by atoms with E-state index in [0.717, 1.165) is 25.3 Å². The molecule has 0 bridgehead atoms. The molecule has 0 atom stereocenters. The molecular formula is C12H18N2O4S. The van der Waals surface area contributed by atoms with Gasteiger partial charge in [-0.05, 0) is 24.6 Å². The first kappa shape index (κ1) is 15.5. The van der Waals surface area contributed by atoms with E-state index in [1.165, 1.54) is 12.1 Å². The molecule has 19 heavy (non-hydrogen) atoms. The minimum Gasteiger partial charge on any atom is -0.478 e. The third kappa shape index (κ3) is 4.53. The zero-order valence-corrected chi connectivity index (χ0v) is 11.5. The summed E-state index contributed by atoms with van der Waals surface area (Å²) in [7, 11) is -3.96. The van der Waals surface area contributed by atoms with Crippen LogP contribution < -0.4 is 10.5 Å². The van der Waals surface area contributed by atoms with Crippen LogP contribution in [0.3, 0.4) is 0 Å². The van der Waals surface area contributed by atoms with E-state index in [4.69, 9.17) is 10.2 Å². The van der Waals surface area contributed by atoms with Gasteiger partial charge in [-0.15, -0.1) is 0 Å². The number of carboxylic acids is 1. The highest BCUT2D eigenvalue weighted by atomic mass is 32.2. The van der Waals surface area contributed by atoms with Crippen molar-refractivity contribution in [1.82, 2.24) is 0 Å². The molecule has 4 N–H and O–H groups in total. The number of carboxylic acid groups (broad SMARTS) is 1. The van der Waals surface area contributed by atoms with Crippen molar-refractivity contribution < 1.29 is 18.3 Å². The van der Waals surface area contributed by atoms with Gasteiger partial charge in [-0.1, -0.05) is 19.8 Å². The smallest absolute Gasteiger partial charge is 0.335 e. The zero-order valence-electron chi connectivity index (χ0n) is 10.7. The topological polar surface area (TPSA) is 109 Å². The van der Waals surface area contributed by atoms with Crippen LogP contribution in [0.25, 0.3) is 0 Å². The van der Waals surface area contributed by atoms with Crippen molar-refractivity contribution in [3.8, 4) is 0 Å². The Morgan fingerprint density at radius 1 is 1.37 bits per heavy atom. The number of benzene rings is 1. The first-order valence-corrected chi connectivity index (χ1v) is 7.55. The number of sulfonamides is 1. The maximum Gasteiger partial charge on any atom is 0.335 e. The summed E-state index contributed by atoms with van der Waals surface area (Å²) in [6, 6.07) is 3.84. The van der Waals surface area contributed by atoms with Crippen molar-refractivity contribution in [3.63, 3.8) is 0 Å². The highest BCUT2D eigenvalue weighted by Crippen LogP contribution is 2.22. The van der Waals surface area contributed by atoms with E-state index < -0.39 is 16.0 Å². The number of unbranched alkanes of at least 4 members (excludes halogenated alkanes) is 2. The lowest BCUT2D eigenvalue weighted by atomic mass is 10.2. The highest BCUT2D eigenvalue weighted by molar-refractivity contribution is 7.89. The predicted molar refractivity (Wildman–Crippen MR) is 72.8 cm³/mol. The number of primary sulfonamides is 1. The lowest BCUT2D eigenvalue weighted by Gasteiger charge is -2.11. The summed E-state index contributed by atoms with van der Waals surface area (Å²) in [5, 5.41) is 16.9. The normalized spacial score (nSPS) is 11.3. The Morgan fingerprint density at radius 2 is 2.05 bits per heavy atom. The van der Waals surface area contributed by atoms with Crippen LogP contribution in [-0.4, -0.2) is 26.0 Å². The summed E-state index contributed by atoms with van der Waals surface area (Å²) in [6.45, 7) is 2.68. The molecule has 0 aliphatic rings. The Labute approximate surface area is 112 Å². The van der Waals surface area contributed by atoms with E-state index in [-0.39, 0.29) is 10.5 Å². The first-order valence-electron chi connectivity index (χ1n) is 6.00. The number of nitrogens with two attached hydrogens (primary N) is 1. The summed E-state index contributed by atoms with van der Waals surface area (Å²) < 4.78 is 22.9. The number of nitrogens with one attached hydrogen (secondary N) is 1. The molecule has 6 nitrogen and oxygen atoms in total. The second-order valence-corrected chi connectivity index (χ2v) is 5.72. The molecule has 0 fully saturated rings. The molecule has 0 spiro atoms. The van der Waals surface area contributed by atoms with Gasteiger partial charge in [0, 0.05) is 6.54 Å². The van der Waals surface area contributed by atoms with Gasteiger partial charge in [-0.2, -0.15) is 0 Å². The summed E-state index contributed by atoms with van der Waals surface area (Å²) in [4.78, 5) is 10.6. The minimum absolute atomic E-state index is 0.108. The molecule has 0 amide bonds. The maximum absolute atomic E-state index is 11.5. The summed E-state index contributed by atoms with van der Waals surface area (Å²) in [6.07, 6.45) is 2.99. The van der Waals surface area contributed by atoms with Crippen molar-refractivity contribution in [2.24, 2.45) is 5.14 Å². The van der Waals surface area contributed by atoms with E-state index >= 15 is 0 Å². The molecule has 0 unspecified atom stereocenters. The number of rotatable bonds is 7. The third-order valence-corrected chi connectivity index (χ3v) is 3.58. The quantitative estimate of drug-likeness (QED) is 0.660. The van der Waals surface area contributed by atoms with Gasteiger partial charge < -0.3 is 10.4 Å². The Morgan fingerprint density at radius 3 is 2.58 bits per heavy atom. The van der Waals surface area contributed by atoms with Gasteiger partial charge >= 0.3 is 5.97 Å². The largest absolute Gasteiger partial charge is 0.478 e. The minimum atomic E-state index is -3.96. The summed E-state index contributed by atoms with van der Waals surface area (Å²) >= 11 is 0. The van der Waals surface area contributed by atoms with Gasteiger partial charge in [0.2, 0.25) is 10.0 Å². The molecular weight excluding hydrogens is 268 g/mol. The van der Waals surface area contributed by atoms with Crippen LogP contribution in [0.4, 0.5) is 5.69 Å². The van der Waals surface area contributed by atoms with Gasteiger partial charge in [0.15, 0.2) is 0 Å². The standard InChI is InChI=1S/C12H18N2O4S/c1-2-3-4-7-14-10-6-5-9(12(15)16)8-11(10)19(13,17)18/h5-6,8,14H,2-4,7H2,1H3,(H,15,16)(H2,13,17,18). The van der Waals surface area contributed by atoms with Crippen LogP contribution in [0.2, 0.25) is 0 Å². The van der Waals surface area contributed by atoms with E-state index in [1.807, 2.05) is 0 Å². The average Bonchev–Trinajstić information content (AvgIpc) is 2.33. The van der Waals surface area contributed by atoms with Gasteiger partial charge in [0.05, 0.1) is 11.3 Å². The third-order valence-electron chi connectivity index (χ3n) is 2.63. The van der Waals surface area contributed by atoms with E-state index in [0.29, 0.717) is 12.2 Å². The van der Waals surface area contributed by atoms with E-state index in [2.05, 4.69) is 12.2 Å². The van der Waals surface area contributed by atoms with Gasteiger partial charge in [0.25, 0.3) is 0 Å². The second-order valence-electron chi connectivity index (χ2n) is 4.19. The van der Waals surface area contributed by atoms with Crippen LogP contribution >= 0.6 is 0 Å². The molecule has 1 aromatic rings. The van der Waals surface area contributed by atoms with Gasteiger partial charge in [0.1, 0.15) is 4.90 Å². The van der Waals surface area contributed by atoms with Gasteiger partial charge in [-0.3, -0.25) is 0 Å². The van der Waals surface area contributed by atoms with Crippen LogP contribution in [0.1, 0.15) is 36.5 Å². The Balaban J connectivity index is 3.00. The molecule has 0 heterocycles. The fourth-order valence-corrected chi connectivity index (χ4v) is 2.37. The van der Waals surface area contributed by atoms with Crippen LogP contribution in [0.15, 0.2) is 23.1 Å². The number of aromatic carboxylic acids is 1. The molecule has 0 aromatic heterocycles. The monoisotopic (exact) mass is 286 g/mol. The van der Waals surface area contributed by atoms with Crippen molar-refractivity contribution >= 4 is 21.7 Å². The highest BCUT2D eigenvalue weighted by Gasteiger charge is 2.16. The average molecular weight is 286 g/mol.